The number of rotatable bonds is 3. The van der Waals surface area contributed by atoms with Gasteiger partial charge in [-0.1, -0.05) is 37.3 Å². The average molecular weight is 305 g/mol. The first kappa shape index (κ1) is 14.1. The van der Waals surface area contributed by atoms with Crippen molar-refractivity contribution >= 4 is 6.29 Å². The van der Waals surface area contributed by atoms with Gasteiger partial charge in [0.15, 0.2) is 12.0 Å². The molecule has 2 aromatic heterocycles. The lowest BCUT2D eigenvalue weighted by molar-refractivity contribution is 0.110. The molecule has 1 unspecified atom stereocenters. The van der Waals surface area contributed by atoms with Crippen LogP contribution in [0.4, 0.5) is 0 Å². The molecule has 2 heterocycles. The number of aryl methyl sites for hydroxylation is 1. The SMILES string of the molecule is CC1CCc2cc(-c3ccccc3)n(-c3ccc(C=O)o3)c2C1. The van der Waals surface area contributed by atoms with E-state index in [1.165, 1.54) is 23.2 Å². The van der Waals surface area contributed by atoms with Crippen molar-refractivity contribution in [3.05, 3.63) is 65.5 Å². The average Bonchev–Trinajstić information content (AvgIpc) is 3.19. The lowest BCUT2D eigenvalue weighted by Gasteiger charge is -2.20. The Morgan fingerprint density at radius 3 is 2.74 bits per heavy atom. The summed E-state index contributed by atoms with van der Waals surface area (Å²) in [6.45, 7) is 2.29. The molecule has 1 atom stereocenters. The summed E-state index contributed by atoms with van der Waals surface area (Å²) in [6, 6.07) is 16.2. The van der Waals surface area contributed by atoms with Gasteiger partial charge in [0.2, 0.25) is 5.88 Å². The van der Waals surface area contributed by atoms with Crippen LogP contribution in [0.15, 0.2) is 52.9 Å². The second-order valence-electron chi connectivity index (χ2n) is 6.34. The predicted molar refractivity (Wildman–Crippen MR) is 90.0 cm³/mol. The maximum Gasteiger partial charge on any atom is 0.205 e. The first-order valence-corrected chi connectivity index (χ1v) is 8.10. The molecule has 23 heavy (non-hydrogen) atoms. The molecule has 0 radical (unpaired) electrons. The van der Waals surface area contributed by atoms with Crippen molar-refractivity contribution in [2.75, 3.05) is 0 Å². The van der Waals surface area contributed by atoms with Crippen LogP contribution in [-0.4, -0.2) is 10.9 Å². The first-order chi connectivity index (χ1) is 11.3. The highest BCUT2D eigenvalue weighted by Gasteiger charge is 2.24. The topological polar surface area (TPSA) is 35.1 Å². The standard InChI is InChI=1S/C20H19NO2/c1-14-7-8-16-12-19(15-5-3-2-4-6-15)21(18(16)11-14)20-10-9-17(13-22)23-20/h2-6,9-10,12-14H,7-8,11H2,1H3. The van der Waals surface area contributed by atoms with E-state index in [9.17, 15) is 4.79 Å². The summed E-state index contributed by atoms with van der Waals surface area (Å²) in [5.41, 5.74) is 5.01. The highest BCUT2D eigenvalue weighted by Crippen LogP contribution is 2.35. The number of fused-ring (bicyclic) bond motifs is 1. The lowest BCUT2D eigenvalue weighted by atomic mass is 9.89. The minimum absolute atomic E-state index is 0.366. The van der Waals surface area contributed by atoms with Crippen molar-refractivity contribution in [1.82, 2.24) is 4.57 Å². The molecule has 3 heteroatoms. The largest absolute Gasteiger partial charge is 0.437 e. The fraction of sp³-hybridized carbons (Fsp3) is 0.250. The quantitative estimate of drug-likeness (QED) is 0.659. The first-order valence-electron chi connectivity index (χ1n) is 8.10. The molecule has 0 saturated carbocycles. The lowest BCUT2D eigenvalue weighted by Crippen LogP contribution is -2.13. The summed E-state index contributed by atoms with van der Waals surface area (Å²) in [5, 5.41) is 0. The van der Waals surface area contributed by atoms with Crippen LogP contribution >= 0.6 is 0 Å². The van der Waals surface area contributed by atoms with Gasteiger partial charge in [0.25, 0.3) is 0 Å². The van der Waals surface area contributed by atoms with Gasteiger partial charge in [0.05, 0.1) is 5.69 Å². The van der Waals surface area contributed by atoms with E-state index in [1.54, 1.807) is 6.07 Å². The number of aldehydes is 1. The molecule has 0 N–H and O–H groups in total. The summed E-state index contributed by atoms with van der Waals surface area (Å²) in [6.07, 6.45) is 4.12. The molecule has 0 spiro atoms. The van der Waals surface area contributed by atoms with Gasteiger partial charge in [0, 0.05) is 11.8 Å². The summed E-state index contributed by atoms with van der Waals surface area (Å²) in [7, 11) is 0. The maximum absolute atomic E-state index is 11.0. The Morgan fingerprint density at radius 1 is 1.17 bits per heavy atom. The Kier molecular flexibility index (Phi) is 3.41. The molecule has 0 bridgehead atoms. The number of nitrogens with zero attached hydrogens (tertiary/aromatic N) is 1. The highest BCUT2D eigenvalue weighted by molar-refractivity contribution is 5.71. The Balaban J connectivity index is 1.94. The zero-order chi connectivity index (χ0) is 15.8. The number of hydrogen-bond donors (Lipinski definition) is 0. The number of carbonyl (C=O) groups excluding carboxylic acids is 1. The van der Waals surface area contributed by atoms with Gasteiger partial charge < -0.3 is 4.42 Å². The Hall–Kier alpha value is -2.55. The van der Waals surface area contributed by atoms with Crippen LogP contribution in [0.2, 0.25) is 0 Å². The number of carbonyl (C=O) groups is 1. The summed E-state index contributed by atoms with van der Waals surface area (Å²) in [4.78, 5) is 11.0. The van der Waals surface area contributed by atoms with E-state index in [0.717, 1.165) is 30.7 Å². The normalized spacial score (nSPS) is 17.0. The van der Waals surface area contributed by atoms with Crippen molar-refractivity contribution in [2.45, 2.75) is 26.2 Å². The van der Waals surface area contributed by atoms with Crippen molar-refractivity contribution in [2.24, 2.45) is 5.92 Å². The van der Waals surface area contributed by atoms with Gasteiger partial charge in [-0.25, -0.2) is 0 Å². The molecule has 1 aromatic carbocycles. The van der Waals surface area contributed by atoms with Gasteiger partial charge in [-0.2, -0.15) is 0 Å². The molecule has 116 valence electrons. The number of hydrogen-bond acceptors (Lipinski definition) is 2. The third-order valence-electron chi connectivity index (χ3n) is 4.66. The van der Waals surface area contributed by atoms with Crippen molar-refractivity contribution < 1.29 is 9.21 Å². The van der Waals surface area contributed by atoms with Crippen LogP contribution < -0.4 is 0 Å². The monoisotopic (exact) mass is 305 g/mol. The van der Waals surface area contributed by atoms with Crippen molar-refractivity contribution in [3.8, 4) is 17.1 Å². The van der Waals surface area contributed by atoms with E-state index in [-0.39, 0.29) is 0 Å². The Bertz CT molecular complexity index is 842. The minimum Gasteiger partial charge on any atom is -0.437 e. The van der Waals surface area contributed by atoms with Crippen LogP contribution in [0.5, 0.6) is 0 Å². The van der Waals surface area contributed by atoms with Gasteiger partial charge in [-0.3, -0.25) is 9.36 Å². The van der Waals surface area contributed by atoms with Crippen LogP contribution in [0.1, 0.15) is 35.2 Å². The Labute approximate surface area is 135 Å². The van der Waals surface area contributed by atoms with Crippen LogP contribution in [0, 0.1) is 5.92 Å². The van der Waals surface area contributed by atoms with Gasteiger partial charge in [0.1, 0.15) is 0 Å². The van der Waals surface area contributed by atoms with E-state index in [4.69, 9.17) is 4.42 Å². The zero-order valence-electron chi connectivity index (χ0n) is 13.2. The number of benzene rings is 1. The van der Waals surface area contributed by atoms with Crippen molar-refractivity contribution in [3.63, 3.8) is 0 Å². The summed E-state index contributed by atoms with van der Waals surface area (Å²) in [5.74, 6) is 1.76. The molecule has 4 rings (SSSR count). The minimum atomic E-state index is 0.366. The van der Waals surface area contributed by atoms with E-state index in [0.29, 0.717) is 11.7 Å². The molecule has 0 saturated heterocycles. The fourth-order valence-corrected chi connectivity index (χ4v) is 3.47. The molecule has 0 amide bonds. The molecule has 3 aromatic rings. The third kappa shape index (κ3) is 2.42. The number of aromatic nitrogens is 1. The smallest absolute Gasteiger partial charge is 0.205 e. The van der Waals surface area contributed by atoms with Crippen LogP contribution in [-0.2, 0) is 12.8 Å². The van der Waals surface area contributed by atoms with E-state index in [2.05, 4.69) is 29.7 Å². The van der Waals surface area contributed by atoms with Crippen molar-refractivity contribution in [1.29, 1.82) is 0 Å². The molecule has 1 aliphatic rings. The third-order valence-corrected chi connectivity index (χ3v) is 4.66. The van der Waals surface area contributed by atoms with Crippen LogP contribution in [0.25, 0.3) is 17.1 Å². The number of furan rings is 1. The Morgan fingerprint density at radius 2 is 2.00 bits per heavy atom. The van der Waals surface area contributed by atoms with Gasteiger partial charge >= 0.3 is 0 Å². The second-order valence-corrected chi connectivity index (χ2v) is 6.34. The molecule has 0 fully saturated rings. The molecular weight excluding hydrogens is 286 g/mol. The van der Waals surface area contributed by atoms with Crippen LogP contribution in [0.3, 0.4) is 0 Å². The van der Waals surface area contributed by atoms with Gasteiger partial charge in [-0.05, 0) is 48.4 Å². The van der Waals surface area contributed by atoms with Gasteiger partial charge in [-0.15, -0.1) is 0 Å². The van der Waals surface area contributed by atoms with E-state index < -0.39 is 0 Å². The maximum atomic E-state index is 11.0. The molecule has 3 nitrogen and oxygen atoms in total. The molecule has 0 aliphatic heterocycles. The predicted octanol–water partition coefficient (Wildman–Crippen LogP) is 4.67. The highest BCUT2D eigenvalue weighted by atomic mass is 16.4. The van der Waals surface area contributed by atoms with E-state index >= 15 is 0 Å². The molecular formula is C20H19NO2. The second kappa shape index (κ2) is 5.58. The summed E-state index contributed by atoms with van der Waals surface area (Å²) < 4.78 is 7.92. The zero-order valence-corrected chi connectivity index (χ0v) is 13.2. The summed E-state index contributed by atoms with van der Waals surface area (Å²) >= 11 is 0. The molecule has 1 aliphatic carbocycles. The fourth-order valence-electron chi connectivity index (χ4n) is 3.47. The van der Waals surface area contributed by atoms with E-state index in [1.807, 2.05) is 24.3 Å².